The molecule has 0 unspecified atom stereocenters. The molecule has 2 aliphatic rings. The van der Waals surface area contributed by atoms with Crippen molar-refractivity contribution in [1.82, 2.24) is 4.90 Å². The third-order valence-electron chi connectivity index (χ3n) is 5.57. The smallest absolute Gasteiger partial charge is 0.177 e. The van der Waals surface area contributed by atoms with Gasteiger partial charge in [0, 0.05) is 17.1 Å². The third-order valence-corrected chi connectivity index (χ3v) is 5.80. The Bertz CT molecular complexity index is 1030. The van der Waals surface area contributed by atoms with E-state index >= 15 is 0 Å². The summed E-state index contributed by atoms with van der Waals surface area (Å²) in [6, 6.07) is 18.3. The summed E-state index contributed by atoms with van der Waals surface area (Å²) < 4.78 is 0. The van der Waals surface area contributed by atoms with E-state index in [0.717, 1.165) is 16.7 Å². The fourth-order valence-corrected chi connectivity index (χ4v) is 4.72. The fourth-order valence-electron chi connectivity index (χ4n) is 4.53. The van der Waals surface area contributed by atoms with Gasteiger partial charge < -0.3 is 4.90 Å². The molecule has 1 fully saturated rings. The Morgan fingerprint density at radius 1 is 1.15 bits per heavy atom. The zero-order chi connectivity index (χ0) is 19.2. The number of carbonyl (C=O) groups excluding carboxylic acids is 1. The standard InChI is InChI=1S/C22H16ClN3O/c1-14(27)20-19(16-6-4-7-17(23)11-16)22(12-24,13-25)21-18-8-3-2-5-15(18)9-10-26(20)21/h2-11,19-21H,1H3/t19-,20-,21+/m1/s1. The molecule has 4 rings (SSSR count). The number of Topliss-reactive ketones (excluding diaryl/α,β-unsaturated/α-hetero) is 1. The number of hydrogen-bond donors (Lipinski definition) is 0. The lowest BCUT2D eigenvalue weighted by Crippen LogP contribution is -2.36. The predicted molar refractivity (Wildman–Crippen MR) is 102 cm³/mol. The van der Waals surface area contributed by atoms with Crippen molar-refractivity contribution >= 4 is 23.5 Å². The summed E-state index contributed by atoms with van der Waals surface area (Å²) in [6.45, 7) is 1.51. The van der Waals surface area contributed by atoms with Gasteiger partial charge in [-0.3, -0.25) is 4.79 Å². The summed E-state index contributed by atoms with van der Waals surface area (Å²) in [5, 5.41) is 20.9. The molecule has 0 saturated carbocycles. The van der Waals surface area contributed by atoms with Crippen LogP contribution in [-0.2, 0) is 4.79 Å². The predicted octanol–water partition coefficient (Wildman–Crippen LogP) is 4.46. The molecular weight excluding hydrogens is 358 g/mol. The molecule has 0 radical (unpaired) electrons. The van der Waals surface area contributed by atoms with Crippen molar-refractivity contribution in [2.75, 3.05) is 0 Å². The first-order chi connectivity index (χ1) is 13.0. The number of rotatable bonds is 2. The van der Waals surface area contributed by atoms with E-state index in [4.69, 9.17) is 11.6 Å². The zero-order valence-electron chi connectivity index (χ0n) is 14.6. The van der Waals surface area contributed by atoms with Gasteiger partial charge in [-0.25, -0.2) is 0 Å². The van der Waals surface area contributed by atoms with E-state index in [2.05, 4.69) is 12.1 Å². The highest BCUT2D eigenvalue weighted by atomic mass is 35.5. The van der Waals surface area contributed by atoms with Gasteiger partial charge in [0.05, 0.1) is 24.2 Å². The van der Waals surface area contributed by atoms with Crippen LogP contribution in [0, 0.1) is 28.1 Å². The molecule has 27 heavy (non-hydrogen) atoms. The molecule has 5 heteroatoms. The molecule has 0 spiro atoms. The Labute approximate surface area is 162 Å². The Hall–Kier alpha value is -3.08. The number of fused-ring (bicyclic) bond motifs is 3. The molecule has 0 N–H and O–H groups in total. The van der Waals surface area contributed by atoms with Gasteiger partial charge >= 0.3 is 0 Å². The van der Waals surface area contributed by atoms with Gasteiger partial charge in [-0.15, -0.1) is 0 Å². The van der Waals surface area contributed by atoms with Gasteiger partial charge in [0.15, 0.2) is 11.2 Å². The van der Waals surface area contributed by atoms with Gasteiger partial charge in [0.25, 0.3) is 0 Å². The molecule has 0 aliphatic carbocycles. The molecule has 1 saturated heterocycles. The largest absolute Gasteiger partial charge is 0.357 e. The number of benzene rings is 2. The van der Waals surface area contributed by atoms with E-state index in [1.807, 2.05) is 47.5 Å². The van der Waals surface area contributed by atoms with Crippen LogP contribution in [0.25, 0.3) is 6.08 Å². The molecule has 2 aliphatic heterocycles. The highest BCUT2D eigenvalue weighted by Crippen LogP contribution is 2.59. The molecule has 4 nitrogen and oxygen atoms in total. The van der Waals surface area contributed by atoms with Crippen LogP contribution in [0.1, 0.15) is 35.6 Å². The van der Waals surface area contributed by atoms with E-state index in [-0.39, 0.29) is 5.78 Å². The SMILES string of the molecule is CC(=O)[C@@H]1[C@@H](c2cccc(Cl)c2)C(C#N)(C#N)[C@@H]2c3ccccc3C=CN12. The summed E-state index contributed by atoms with van der Waals surface area (Å²) in [5.41, 5.74) is 1.16. The van der Waals surface area contributed by atoms with Crippen LogP contribution in [0.4, 0.5) is 0 Å². The van der Waals surface area contributed by atoms with Crippen molar-refractivity contribution in [3.63, 3.8) is 0 Å². The monoisotopic (exact) mass is 373 g/mol. The Kier molecular flexibility index (Phi) is 4.02. The average Bonchev–Trinajstić information content (AvgIpc) is 2.99. The highest BCUT2D eigenvalue weighted by molar-refractivity contribution is 6.30. The average molecular weight is 374 g/mol. The van der Waals surface area contributed by atoms with E-state index < -0.39 is 23.4 Å². The number of halogens is 1. The van der Waals surface area contributed by atoms with Crippen LogP contribution in [0.3, 0.4) is 0 Å². The molecule has 2 aromatic rings. The number of nitriles is 2. The molecule has 2 heterocycles. The molecular formula is C22H16ClN3O. The van der Waals surface area contributed by atoms with Crippen molar-refractivity contribution in [2.24, 2.45) is 5.41 Å². The maximum Gasteiger partial charge on any atom is 0.177 e. The van der Waals surface area contributed by atoms with Crippen LogP contribution in [0.15, 0.2) is 54.7 Å². The molecule has 0 bridgehead atoms. The van der Waals surface area contributed by atoms with Crippen LogP contribution in [0.5, 0.6) is 0 Å². The van der Waals surface area contributed by atoms with E-state index in [0.29, 0.717) is 5.02 Å². The molecule has 0 amide bonds. The van der Waals surface area contributed by atoms with Crippen LogP contribution in [-0.4, -0.2) is 16.7 Å². The summed E-state index contributed by atoms with van der Waals surface area (Å²) in [5.74, 6) is -0.689. The second-order valence-corrected chi connectivity index (χ2v) is 7.41. The lowest BCUT2D eigenvalue weighted by atomic mass is 9.68. The zero-order valence-corrected chi connectivity index (χ0v) is 15.4. The summed E-state index contributed by atoms with van der Waals surface area (Å²) >= 11 is 6.19. The minimum Gasteiger partial charge on any atom is -0.357 e. The second-order valence-electron chi connectivity index (χ2n) is 6.98. The number of nitrogens with zero attached hydrogens (tertiary/aromatic N) is 3. The maximum absolute atomic E-state index is 12.7. The highest BCUT2D eigenvalue weighted by Gasteiger charge is 2.63. The molecule has 132 valence electrons. The van der Waals surface area contributed by atoms with Gasteiger partial charge in [-0.2, -0.15) is 10.5 Å². The first-order valence-corrected chi connectivity index (χ1v) is 9.04. The van der Waals surface area contributed by atoms with Crippen molar-refractivity contribution in [2.45, 2.75) is 24.9 Å². The number of ketones is 1. The van der Waals surface area contributed by atoms with Gasteiger partial charge in [-0.05, 0) is 41.8 Å². The maximum atomic E-state index is 12.7. The van der Waals surface area contributed by atoms with Crippen LogP contribution < -0.4 is 0 Å². The van der Waals surface area contributed by atoms with Crippen molar-refractivity contribution < 1.29 is 4.79 Å². The molecule has 3 atom stereocenters. The van der Waals surface area contributed by atoms with Crippen LogP contribution in [0.2, 0.25) is 5.02 Å². The lowest BCUT2D eigenvalue weighted by molar-refractivity contribution is -0.121. The van der Waals surface area contributed by atoms with Gasteiger partial charge in [-0.1, -0.05) is 48.0 Å². The first kappa shape index (κ1) is 17.3. The fraction of sp³-hybridized carbons (Fsp3) is 0.227. The lowest BCUT2D eigenvalue weighted by Gasteiger charge is -2.34. The Morgan fingerprint density at radius 2 is 1.89 bits per heavy atom. The number of hydrogen-bond acceptors (Lipinski definition) is 4. The summed E-state index contributed by atoms with van der Waals surface area (Å²) in [6.07, 6.45) is 3.77. The van der Waals surface area contributed by atoms with Crippen molar-refractivity contribution in [1.29, 1.82) is 10.5 Å². The third kappa shape index (κ3) is 2.38. The minimum atomic E-state index is -1.41. The van der Waals surface area contributed by atoms with Gasteiger partial charge in [0.1, 0.15) is 0 Å². The summed E-state index contributed by atoms with van der Waals surface area (Å²) in [4.78, 5) is 14.6. The minimum absolute atomic E-state index is 0.0821. The van der Waals surface area contributed by atoms with Crippen molar-refractivity contribution in [3.05, 3.63) is 76.4 Å². The van der Waals surface area contributed by atoms with Gasteiger partial charge in [0.2, 0.25) is 0 Å². The molecule has 2 aromatic carbocycles. The number of carbonyl (C=O) groups is 1. The van der Waals surface area contributed by atoms with Crippen LogP contribution >= 0.6 is 11.6 Å². The van der Waals surface area contributed by atoms with E-state index in [1.54, 1.807) is 18.2 Å². The Morgan fingerprint density at radius 3 is 2.56 bits per heavy atom. The van der Waals surface area contributed by atoms with E-state index in [9.17, 15) is 15.3 Å². The topological polar surface area (TPSA) is 67.9 Å². The molecule has 0 aromatic heterocycles. The first-order valence-electron chi connectivity index (χ1n) is 8.66. The summed E-state index contributed by atoms with van der Waals surface area (Å²) in [7, 11) is 0. The quantitative estimate of drug-likeness (QED) is 0.779. The second kappa shape index (κ2) is 6.27. The Balaban J connectivity index is 2.02. The normalized spacial score (nSPS) is 24.4. The van der Waals surface area contributed by atoms with E-state index in [1.165, 1.54) is 6.92 Å². The van der Waals surface area contributed by atoms with Crippen molar-refractivity contribution in [3.8, 4) is 12.1 Å².